The van der Waals surface area contributed by atoms with E-state index in [-0.39, 0.29) is 0 Å². The monoisotopic (exact) mass is 257 g/mol. The summed E-state index contributed by atoms with van der Waals surface area (Å²) in [5, 5.41) is 0. The van der Waals surface area contributed by atoms with E-state index in [0.29, 0.717) is 6.10 Å². The van der Waals surface area contributed by atoms with Gasteiger partial charge in [-0.25, -0.2) is 9.97 Å². The van der Waals surface area contributed by atoms with E-state index in [2.05, 4.69) is 30.8 Å². The predicted octanol–water partition coefficient (Wildman–Crippen LogP) is 1.38. The van der Waals surface area contributed by atoms with Gasteiger partial charge in [0.1, 0.15) is 16.2 Å². The van der Waals surface area contributed by atoms with Crippen LogP contribution in [0.5, 0.6) is 0 Å². The molecule has 1 fully saturated rings. The highest BCUT2D eigenvalue weighted by Crippen LogP contribution is 2.22. The lowest BCUT2D eigenvalue weighted by Gasteiger charge is -2.39. The minimum Gasteiger partial charge on any atom is -0.378 e. The number of aromatic nitrogens is 2. The van der Waals surface area contributed by atoms with Gasteiger partial charge >= 0.3 is 0 Å². The molecule has 1 aromatic rings. The quantitative estimate of drug-likeness (QED) is 0.751. The second-order valence-electron chi connectivity index (χ2n) is 3.36. The summed E-state index contributed by atoms with van der Waals surface area (Å²) >= 11 is 3.36. The summed E-state index contributed by atoms with van der Waals surface area (Å²) in [5.41, 5.74) is 0. The molecule has 0 atom stereocenters. The lowest BCUT2D eigenvalue weighted by Crippen LogP contribution is -2.52. The van der Waals surface area contributed by atoms with Crippen molar-refractivity contribution < 1.29 is 4.74 Å². The van der Waals surface area contributed by atoms with E-state index in [9.17, 15) is 0 Å². The molecule has 0 radical (unpaired) electrons. The van der Waals surface area contributed by atoms with Crippen LogP contribution in [0.4, 0.5) is 5.82 Å². The molecule has 1 aliphatic heterocycles. The third-order valence-electron chi connectivity index (χ3n) is 2.30. The van der Waals surface area contributed by atoms with E-state index in [1.807, 2.05) is 13.0 Å². The molecule has 0 bridgehead atoms. The van der Waals surface area contributed by atoms with Crippen molar-refractivity contribution in [2.24, 2.45) is 0 Å². The van der Waals surface area contributed by atoms with E-state index >= 15 is 0 Å². The number of nitrogens with zero attached hydrogens (tertiary/aromatic N) is 3. The van der Waals surface area contributed by atoms with Crippen molar-refractivity contribution in [3.63, 3.8) is 0 Å². The third kappa shape index (κ3) is 1.88. The van der Waals surface area contributed by atoms with Gasteiger partial charge in [0, 0.05) is 26.3 Å². The molecule has 2 rings (SSSR count). The Morgan fingerprint density at radius 2 is 2.21 bits per heavy atom. The Bertz CT molecular complexity index is 319. The fourth-order valence-corrected chi connectivity index (χ4v) is 1.91. The second kappa shape index (κ2) is 3.82. The molecule has 1 aliphatic rings. The summed E-state index contributed by atoms with van der Waals surface area (Å²) in [4.78, 5) is 10.7. The van der Waals surface area contributed by atoms with Gasteiger partial charge in [-0.3, -0.25) is 0 Å². The number of ether oxygens (including phenoxy) is 1. The van der Waals surface area contributed by atoms with E-state index in [4.69, 9.17) is 4.74 Å². The van der Waals surface area contributed by atoms with E-state index < -0.39 is 0 Å². The molecule has 2 heterocycles. The van der Waals surface area contributed by atoms with Gasteiger partial charge in [-0.2, -0.15) is 0 Å². The van der Waals surface area contributed by atoms with Crippen molar-refractivity contribution in [2.45, 2.75) is 13.0 Å². The maximum absolute atomic E-state index is 5.20. The largest absolute Gasteiger partial charge is 0.378 e. The van der Waals surface area contributed by atoms with E-state index in [0.717, 1.165) is 29.3 Å². The van der Waals surface area contributed by atoms with Crippen LogP contribution in [0.25, 0.3) is 0 Å². The second-order valence-corrected chi connectivity index (χ2v) is 4.17. The molecule has 0 amide bonds. The van der Waals surface area contributed by atoms with Gasteiger partial charge in [-0.15, -0.1) is 0 Å². The Morgan fingerprint density at radius 3 is 2.79 bits per heavy atom. The summed E-state index contributed by atoms with van der Waals surface area (Å²) in [6.07, 6.45) is 0.351. The molecular weight excluding hydrogens is 246 g/mol. The molecule has 76 valence electrons. The van der Waals surface area contributed by atoms with Crippen LogP contribution in [0.3, 0.4) is 0 Å². The molecule has 4 nitrogen and oxygen atoms in total. The first kappa shape index (κ1) is 9.86. The molecule has 1 aromatic heterocycles. The average Bonchev–Trinajstić information content (AvgIpc) is 2.00. The minimum atomic E-state index is 0.351. The molecule has 5 heteroatoms. The van der Waals surface area contributed by atoms with E-state index in [1.165, 1.54) is 0 Å². The Morgan fingerprint density at radius 1 is 1.50 bits per heavy atom. The zero-order valence-electron chi connectivity index (χ0n) is 8.20. The standard InChI is InChI=1S/C9H12BrN3O/c1-6-11-8(10)3-9(12-6)13-4-7(5-13)14-2/h3,7H,4-5H2,1-2H3. The van der Waals surface area contributed by atoms with Crippen LogP contribution in [0.1, 0.15) is 5.82 Å². The Labute approximate surface area is 91.4 Å². The molecular formula is C9H12BrN3O. The van der Waals surface area contributed by atoms with Crippen LogP contribution in [-0.2, 0) is 4.74 Å². The molecule has 1 saturated heterocycles. The Hall–Kier alpha value is -0.680. The third-order valence-corrected chi connectivity index (χ3v) is 2.70. The minimum absolute atomic E-state index is 0.351. The number of anilines is 1. The van der Waals surface area contributed by atoms with Crippen molar-refractivity contribution in [1.82, 2.24) is 9.97 Å². The topological polar surface area (TPSA) is 38.2 Å². The zero-order valence-corrected chi connectivity index (χ0v) is 9.78. The number of halogens is 1. The van der Waals surface area contributed by atoms with Crippen molar-refractivity contribution in [3.8, 4) is 0 Å². The van der Waals surface area contributed by atoms with Gasteiger partial charge in [-0.05, 0) is 22.9 Å². The Kier molecular flexibility index (Phi) is 2.69. The highest BCUT2D eigenvalue weighted by atomic mass is 79.9. The maximum Gasteiger partial charge on any atom is 0.133 e. The zero-order chi connectivity index (χ0) is 10.1. The summed E-state index contributed by atoms with van der Waals surface area (Å²) in [6.45, 7) is 3.72. The molecule has 0 aliphatic carbocycles. The van der Waals surface area contributed by atoms with E-state index in [1.54, 1.807) is 7.11 Å². The number of hydrogen-bond acceptors (Lipinski definition) is 4. The number of methoxy groups -OCH3 is 1. The SMILES string of the molecule is COC1CN(c2cc(Br)nc(C)n2)C1. The normalized spacial score (nSPS) is 16.9. The molecule has 0 spiro atoms. The summed E-state index contributed by atoms with van der Waals surface area (Å²) in [5.74, 6) is 1.76. The first-order chi connectivity index (χ1) is 6.69. The summed E-state index contributed by atoms with van der Waals surface area (Å²) in [6, 6.07) is 1.93. The molecule has 0 unspecified atom stereocenters. The van der Waals surface area contributed by atoms with Crippen molar-refractivity contribution in [2.75, 3.05) is 25.1 Å². The van der Waals surface area contributed by atoms with Crippen LogP contribution in [0.2, 0.25) is 0 Å². The molecule has 0 N–H and O–H groups in total. The van der Waals surface area contributed by atoms with Crippen molar-refractivity contribution in [1.29, 1.82) is 0 Å². The average molecular weight is 258 g/mol. The molecule has 0 saturated carbocycles. The summed E-state index contributed by atoms with van der Waals surface area (Å²) in [7, 11) is 1.74. The van der Waals surface area contributed by atoms with Crippen LogP contribution < -0.4 is 4.90 Å². The predicted molar refractivity (Wildman–Crippen MR) is 57.5 cm³/mol. The lowest BCUT2D eigenvalue weighted by atomic mass is 10.2. The molecule has 14 heavy (non-hydrogen) atoms. The molecule has 0 aromatic carbocycles. The fourth-order valence-electron chi connectivity index (χ4n) is 1.45. The lowest BCUT2D eigenvalue weighted by molar-refractivity contribution is 0.0783. The van der Waals surface area contributed by atoms with Gasteiger partial charge in [0.15, 0.2) is 0 Å². The van der Waals surface area contributed by atoms with Gasteiger partial charge < -0.3 is 9.64 Å². The fraction of sp³-hybridized carbons (Fsp3) is 0.556. The number of hydrogen-bond donors (Lipinski definition) is 0. The Balaban J connectivity index is 2.10. The van der Waals surface area contributed by atoms with Crippen molar-refractivity contribution in [3.05, 3.63) is 16.5 Å². The van der Waals surface area contributed by atoms with Gasteiger partial charge in [0.2, 0.25) is 0 Å². The summed E-state index contributed by atoms with van der Waals surface area (Å²) < 4.78 is 6.04. The van der Waals surface area contributed by atoms with Gasteiger partial charge in [-0.1, -0.05) is 0 Å². The van der Waals surface area contributed by atoms with Crippen LogP contribution >= 0.6 is 15.9 Å². The maximum atomic E-state index is 5.20. The number of rotatable bonds is 2. The van der Waals surface area contributed by atoms with Crippen LogP contribution in [-0.4, -0.2) is 36.3 Å². The highest BCUT2D eigenvalue weighted by Gasteiger charge is 2.27. The van der Waals surface area contributed by atoms with Gasteiger partial charge in [0.05, 0.1) is 6.10 Å². The smallest absolute Gasteiger partial charge is 0.133 e. The number of aryl methyl sites for hydroxylation is 1. The first-order valence-corrected chi connectivity index (χ1v) is 5.27. The van der Waals surface area contributed by atoms with Crippen LogP contribution in [0.15, 0.2) is 10.7 Å². The highest BCUT2D eigenvalue weighted by molar-refractivity contribution is 9.10. The van der Waals surface area contributed by atoms with Crippen molar-refractivity contribution >= 4 is 21.7 Å². The van der Waals surface area contributed by atoms with Gasteiger partial charge in [0.25, 0.3) is 0 Å². The first-order valence-electron chi connectivity index (χ1n) is 4.48. The van der Waals surface area contributed by atoms with Crippen LogP contribution in [0, 0.1) is 6.92 Å².